The van der Waals surface area contributed by atoms with Gasteiger partial charge in [-0.3, -0.25) is 57.7 Å². The summed E-state index contributed by atoms with van der Waals surface area (Å²) in [7, 11) is 0. The molecular formula is C68H110F3N15O21. The van der Waals surface area contributed by atoms with E-state index in [1.54, 1.807) is 62.3 Å². The minimum absolute atomic E-state index is 0.0191. The van der Waals surface area contributed by atoms with Crippen molar-refractivity contribution in [3.8, 4) is 0 Å². The summed E-state index contributed by atoms with van der Waals surface area (Å²) < 4.78 is 43.3. The molecule has 2 unspecified atom stereocenters. The number of hydrogen-bond acceptors (Lipinski definition) is 21. The zero-order valence-corrected chi connectivity index (χ0v) is 62.3. The zero-order valence-electron chi connectivity index (χ0n) is 62.3. The number of carboxylic acid groups (broad SMARTS) is 1. The number of nitrogens with one attached hydrogen (secondary N) is 11. The van der Waals surface area contributed by atoms with E-state index in [0.717, 1.165) is 39.0 Å². The number of aliphatic imine (C=N–C) groups is 1. The highest BCUT2D eigenvalue weighted by Gasteiger charge is 2.45. The number of aliphatic hydroxyl groups excluding tert-OH is 4. The first-order valence-corrected chi connectivity index (χ1v) is 35.3. The molecule has 0 aromatic heterocycles. The zero-order chi connectivity index (χ0) is 81.5. The lowest BCUT2D eigenvalue weighted by Gasteiger charge is -2.34. The SMILES string of the molecule is CC[C@H](C)C(NC(=O)[C@H](CC1CCCCC1)NC(=O)OC(C)(C)C)C(=O)N[C@@H]1C(=O)N[C@@H]([C@H](O)C(C)C)C(=O)N[C@@H](CC(C)C)C(=O)N[C@H](CCCN=C(N)N)C(=O)N[C@@H]([C@@H](C)CC)C(=O)N[C@@H]([C@H](C)O)C(=O)NCC(=O)NC([C@H](O)C(N)=O)C(=O)N[C@@H](CO)C(=O)O[C@@H]1c1ccccc1.O=C(O)C(F)(F)F. The summed E-state index contributed by atoms with van der Waals surface area (Å²) in [5.41, 5.74) is 15.4. The highest BCUT2D eigenvalue weighted by Crippen LogP contribution is 2.29. The summed E-state index contributed by atoms with van der Waals surface area (Å²) in [6, 6.07) is -11.3. The van der Waals surface area contributed by atoms with E-state index >= 15 is 14.4 Å². The number of alkyl carbamates (subject to hydrolysis) is 1. The van der Waals surface area contributed by atoms with Gasteiger partial charge >= 0.3 is 24.2 Å². The average Bonchev–Trinajstić information content (AvgIpc) is 0.808. The van der Waals surface area contributed by atoms with Crippen LogP contribution in [0.4, 0.5) is 18.0 Å². The fourth-order valence-electron chi connectivity index (χ4n) is 11.0. The van der Waals surface area contributed by atoms with Crippen molar-refractivity contribution < 1.29 is 115 Å². The Labute approximate surface area is 618 Å². The van der Waals surface area contributed by atoms with E-state index < -0.39 is 216 Å². The first-order valence-electron chi connectivity index (χ1n) is 35.3. The third kappa shape index (κ3) is 32.2. The Morgan fingerprint density at radius 3 is 1.72 bits per heavy atom. The van der Waals surface area contributed by atoms with Crippen molar-refractivity contribution in [3.63, 3.8) is 0 Å². The van der Waals surface area contributed by atoms with Gasteiger partial charge in [-0.05, 0) is 88.5 Å². The van der Waals surface area contributed by atoms with Gasteiger partial charge in [-0.25, -0.2) is 14.4 Å². The van der Waals surface area contributed by atoms with Gasteiger partial charge < -0.3 is 111 Å². The second kappa shape index (κ2) is 44.6. The molecule has 0 radical (unpaired) electrons. The van der Waals surface area contributed by atoms with Gasteiger partial charge in [0.1, 0.15) is 60.0 Å². The Morgan fingerprint density at radius 1 is 0.664 bits per heavy atom. The van der Waals surface area contributed by atoms with Crippen LogP contribution in [0.1, 0.15) is 165 Å². The van der Waals surface area contributed by atoms with Crippen LogP contribution in [0.25, 0.3) is 0 Å². The Hall–Kier alpha value is -9.50. The number of aliphatic carboxylic acids is 1. The van der Waals surface area contributed by atoms with E-state index in [0.29, 0.717) is 0 Å². The van der Waals surface area contributed by atoms with Crippen LogP contribution in [-0.4, -0.2) is 225 Å². The van der Waals surface area contributed by atoms with Crippen molar-refractivity contribution in [2.45, 2.75) is 250 Å². The first-order chi connectivity index (χ1) is 49.8. The van der Waals surface area contributed by atoms with Crippen LogP contribution >= 0.6 is 0 Å². The third-order valence-corrected chi connectivity index (χ3v) is 17.4. The molecule has 1 aliphatic heterocycles. The Bertz CT molecular complexity index is 3210. The van der Waals surface area contributed by atoms with Crippen molar-refractivity contribution in [1.29, 1.82) is 0 Å². The van der Waals surface area contributed by atoms with Crippen molar-refractivity contribution in [2.75, 3.05) is 19.7 Å². The van der Waals surface area contributed by atoms with Crippen LogP contribution in [0.15, 0.2) is 35.3 Å². The normalized spacial score (nSPS) is 23.9. The second-order valence-corrected chi connectivity index (χ2v) is 28.2. The largest absolute Gasteiger partial charge is 0.490 e. The van der Waals surface area contributed by atoms with Crippen molar-refractivity contribution in [3.05, 3.63) is 35.9 Å². The van der Waals surface area contributed by atoms with Gasteiger partial charge in [0, 0.05) is 6.54 Å². The number of primary amides is 1. The van der Waals surface area contributed by atoms with Gasteiger partial charge in [0.05, 0.1) is 25.4 Å². The Kier molecular flexibility index (Phi) is 39.0. The number of hydrogen-bond donors (Lipinski definition) is 19. The van der Waals surface area contributed by atoms with E-state index in [-0.39, 0.29) is 62.5 Å². The lowest BCUT2D eigenvalue weighted by Crippen LogP contribution is -2.64. The molecule has 2 fully saturated rings. The number of nitrogens with zero attached hydrogens (tertiary/aromatic N) is 1. The molecule has 1 aliphatic carbocycles. The van der Waals surface area contributed by atoms with E-state index in [4.69, 9.17) is 36.6 Å². The molecule has 16 atom stereocenters. The Balaban J connectivity index is 0.00000527. The topological polar surface area (TPSA) is 581 Å². The molecule has 604 valence electrons. The number of guanidine groups is 1. The monoisotopic (exact) mass is 1530 g/mol. The molecule has 3 rings (SSSR count). The predicted molar refractivity (Wildman–Crippen MR) is 377 cm³/mol. The van der Waals surface area contributed by atoms with Crippen LogP contribution in [0.3, 0.4) is 0 Å². The number of esters is 1. The number of carboxylic acids is 1. The number of benzene rings is 1. The van der Waals surface area contributed by atoms with Crippen molar-refractivity contribution >= 4 is 89.0 Å². The predicted octanol–water partition coefficient (Wildman–Crippen LogP) is -2.31. The van der Waals surface area contributed by atoms with Crippen LogP contribution in [-0.2, 0) is 71.8 Å². The lowest BCUT2D eigenvalue weighted by molar-refractivity contribution is -0.192. The number of cyclic esters (lactones) is 1. The molecule has 107 heavy (non-hydrogen) atoms. The molecule has 0 spiro atoms. The van der Waals surface area contributed by atoms with Crippen LogP contribution < -0.4 is 75.7 Å². The smallest absolute Gasteiger partial charge is 0.475 e. The summed E-state index contributed by atoms with van der Waals surface area (Å²) in [4.78, 5) is 199. The third-order valence-electron chi connectivity index (χ3n) is 17.4. The minimum Gasteiger partial charge on any atom is -0.475 e. The van der Waals surface area contributed by atoms with Crippen LogP contribution in [0, 0.1) is 29.6 Å². The standard InChI is InChI=1S/C66H109N15O19.C2HF3O2/c1-13-34(7)44-58(92)79-46(36(9)83)57(91)71-30-43(84)76-48(51(86)53(67)87)61(95)74-42(31-82)63(97)99-52(38-24-19-16-20-25-38)49(81-59(93)45(35(8)14-2)78-56(90)41(29-37-22-17-15-18-23-37)75-65(98)100-66(10,11)12)62(96)80-47(50(85)33(5)6)60(94)73-40(28-32(3)4)55(89)72-39(54(88)77-44)26-21-27-70-64(68)69;3-2(4,5)1(6)7/h16,19-20,24-25,32-37,39-42,44-52,82-83,85-86H,13-15,17-18,21-23,26-31H2,1-12H3,(H2,67,87)(H,71,91)(H,72,89)(H,73,94)(H,74,95)(H,75,98)(H,76,84)(H,77,88)(H,78,90)(H,79,92)(H,80,96)(H,81,93)(H4,68,69,70);(H,6,7)/t34-,35-,36-,39+,40-,41-,42-,44-,45?,46-,47-,48?,49-,50+,51-,52+;/m0./s1. The fourth-order valence-corrected chi connectivity index (χ4v) is 11.0. The summed E-state index contributed by atoms with van der Waals surface area (Å²) in [5, 5.41) is 78.6. The summed E-state index contributed by atoms with van der Waals surface area (Å²) in [6.07, 6.45) is -9.84. The van der Waals surface area contributed by atoms with Crippen molar-refractivity contribution in [2.24, 2.45) is 51.8 Å². The molecule has 2 aliphatic rings. The van der Waals surface area contributed by atoms with Gasteiger partial charge in [0.2, 0.25) is 65.0 Å². The molecule has 22 N–H and O–H groups in total. The maximum atomic E-state index is 15.7. The van der Waals surface area contributed by atoms with Crippen molar-refractivity contribution in [1.82, 2.24) is 58.5 Å². The number of carbonyl (C=O) groups is 14. The molecular weight excluding hydrogens is 1420 g/mol. The summed E-state index contributed by atoms with van der Waals surface area (Å²) in [6.45, 7) is 16.4. The Morgan fingerprint density at radius 2 is 1.21 bits per heavy atom. The molecule has 1 aromatic carbocycles. The average molecular weight is 1530 g/mol. The van der Waals surface area contributed by atoms with Crippen LogP contribution in [0.5, 0.6) is 0 Å². The van der Waals surface area contributed by atoms with E-state index in [2.05, 4.69) is 52.8 Å². The molecule has 36 nitrogen and oxygen atoms in total. The molecule has 1 saturated carbocycles. The maximum absolute atomic E-state index is 15.7. The molecule has 12 amide bonds. The maximum Gasteiger partial charge on any atom is 0.490 e. The molecule has 39 heteroatoms. The van der Waals surface area contributed by atoms with Gasteiger partial charge in [-0.1, -0.05) is 131 Å². The highest BCUT2D eigenvalue weighted by molar-refractivity contribution is 6.00. The molecule has 1 saturated heterocycles. The van der Waals surface area contributed by atoms with E-state index in [1.165, 1.54) is 44.2 Å². The summed E-state index contributed by atoms with van der Waals surface area (Å²) in [5.74, 6) is -20.7. The number of nitrogens with two attached hydrogens (primary N) is 3. The van der Waals surface area contributed by atoms with Gasteiger partial charge in [-0.15, -0.1) is 0 Å². The quantitative estimate of drug-likeness (QED) is 0.0224. The number of carbonyl (C=O) groups excluding carboxylic acids is 13. The van der Waals surface area contributed by atoms with E-state index in [9.17, 15) is 81.5 Å². The van der Waals surface area contributed by atoms with Gasteiger partial charge in [0.25, 0.3) is 0 Å². The molecule has 1 aromatic rings. The van der Waals surface area contributed by atoms with Gasteiger partial charge in [0.15, 0.2) is 24.2 Å². The number of halogens is 3. The number of amides is 12. The molecule has 0 bridgehead atoms. The minimum atomic E-state index is -5.08. The molecule has 1 heterocycles. The van der Waals surface area contributed by atoms with Gasteiger partial charge in [-0.2, -0.15) is 13.2 Å². The highest BCUT2D eigenvalue weighted by atomic mass is 19.4. The number of alkyl halides is 3. The second-order valence-electron chi connectivity index (χ2n) is 28.2. The number of rotatable bonds is 24. The number of aliphatic hydroxyl groups is 4. The summed E-state index contributed by atoms with van der Waals surface area (Å²) >= 11 is 0. The first kappa shape index (κ1) is 93.6. The van der Waals surface area contributed by atoms with E-state index in [1.807, 2.05) is 10.6 Å². The van der Waals surface area contributed by atoms with Crippen LogP contribution in [0.2, 0.25) is 0 Å². The lowest BCUT2D eigenvalue weighted by atomic mass is 9.84. The number of ether oxygens (including phenoxy) is 2. The fraction of sp³-hybridized carbons (Fsp3) is 0.691.